The number of imidazole rings is 1. The zero-order valence-electron chi connectivity index (χ0n) is 17.2. The van der Waals surface area contributed by atoms with Crippen LogP contribution in [-0.2, 0) is 12.8 Å². The molecule has 0 fully saturated rings. The highest BCUT2D eigenvalue weighted by Gasteiger charge is 2.17. The minimum atomic E-state index is 0.566. The van der Waals surface area contributed by atoms with Crippen molar-refractivity contribution in [3.05, 3.63) is 77.2 Å². The molecule has 3 heterocycles. The van der Waals surface area contributed by atoms with E-state index in [2.05, 4.69) is 52.0 Å². The van der Waals surface area contributed by atoms with E-state index in [1.54, 1.807) is 0 Å². The van der Waals surface area contributed by atoms with Crippen LogP contribution < -0.4 is 14.8 Å². The number of benzene rings is 2. The summed E-state index contributed by atoms with van der Waals surface area (Å²) in [5.41, 5.74) is 5.28. The van der Waals surface area contributed by atoms with Crippen molar-refractivity contribution >= 4 is 17.3 Å². The number of hydrogen-bond donors (Lipinski definition) is 1. The fourth-order valence-corrected chi connectivity index (χ4v) is 3.89. The van der Waals surface area contributed by atoms with E-state index in [0.29, 0.717) is 13.2 Å². The molecule has 0 aliphatic carbocycles. The lowest BCUT2D eigenvalue weighted by Gasteiger charge is -2.19. The molecule has 6 heteroatoms. The first-order valence-corrected chi connectivity index (χ1v) is 10.2. The molecular weight excluding hydrogens is 376 g/mol. The molecule has 1 N–H and O–H groups in total. The van der Waals surface area contributed by atoms with Crippen molar-refractivity contribution in [1.82, 2.24) is 14.4 Å². The number of rotatable bonds is 5. The number of anilines is 2. The van der Waals surface area contributed by atoms with Gasteiger partial charge in [0.2, 0.25) is 5.78 Å². The van der Waals surface area contributed by atoms with E-state index in [1.165, 1.54) is 5.56 Å². The maximum absolute atomic E-state index is 5.75. The van der Waals surface area contributed by atoms with Gasteiger partial charge in [-0.05, 0) is 50.5 Å². The van der Waals surface area contributed by atoms with Gasteiger partial charge in [0, 0.05) is 23.1 Å². The Hall–Kier alpha value is -3.54. The summed E-state index contributed by atoms with van der Waals surface area (Å²) < 4.78 is 13.5. The topological polar surface area (TPSA) is 60.7 Å². The van der Waals surface area contributed by atoms with Gasteiger partial charge in [0.05, 0.1) is 5.69 Å². The van der Waals surface area contributed by atoms with Crippen molar-refractivity contribution in [1.29, 1.82) is 0 Å². The Bertz CT molecular complexity index is 1200. The van der Waals surface area contributed by atoms with Crippen molar-refractivity contribution in [3.8, 4) is 11.5 Å². The summed E-state index contributed by atoms with van der Waals surface area (Å²) in [6.07, 6.45) is 1.73. The summed E-state index contributed by atoms with van der Waals surface area (Å²) in [4.78, 5) is 9.52. The second kappa shape index (κ2) is 7.71. The number of nitrogens with one attached hydrogen (secondary N) is 1. The molecule has 0 saturated heterocycles. The molecule has 5 rings (SSSR count). The molecular formula is C24H24N4O2. The average Bonchev–Trinajstić information content (AvgIpc) is 3.10. The van der Waals surface area contributed by atoms with Crippen LogP contribution in [0.4, 0.5) is 11.5 Å². The highest BCUT2D eigenvalue weighted by Crippen LogP contribution is 2.34. The Balaban J connectivity index is 1.53. The van der Waals surface area contributed by atoms with E-state index < -0.39 is 0 Å². The van der Waals surface area contributed by atoms with E-state index in [4.69, 9.17) is 14.5 Å². The quantitative estimate of drug-likeness (QED) is 0.529. The van der Waals surface area contributed by atoms with Crippen molar-refractivity contribution in [3.63, 3.8) is 0 Å². The van der Waals surface area contributed by atoms with Crippen LogP contribution in [0.2, 0.25) is 0 Å². The van der Waals surface area contributed by atoms with Crippen LogP contribution in [0, 0.1) is 13.8 Å². The van der Waals surface area contributed by atoms with Gasteiger partial charge in [-0.15, -0.1) is 0 Å². The molecule has 1 aliphatic heterocycles. The van der Waals surface area contributed by atoms with Gasteiger partial charge in [-0.25, -0.2) is 9.97 Å². The first-order chi connectivity index (χ1) is 14.7. The van der Waals surface area contributed by atoms with Crippen molar-refractivity contribution in [2.75, 3.05) is 18.5 Å². The van der Waals surface area contributed by atoms with Crippen LogP contribution >= 0.6 is 0 Å². The first kappa shape index (κ1) is 18.5. The molecule has 0 bridgehead atoms. The summed E-state index contributed by atoms with van der Waals surface area (Å²) in [5, 5.41) is 3.57. The second-order valence-corrected chi connectivity index (χ2v) is 7.55. The maximum Gasteiger partial charge on any atom is 0.236 e. The zero-order valence-corrected chi connectivity index (χ0v) is 17.2. The average molecular weight is 400 g/mol. The minimum absolute atomic E-state index is 0.566. The molecule has 1 aliphatic rings. The molecule has 4 aromatic rings. The number of ether oxygens (including phenoxy) is 2. The van der Waals surface area contributed by atoms with Crippen LogP contribution in [0.25, 0.3) is 5.78 Å². The van der Waals surface area contributed by atoms with Crippen molar-refractivity contribution < 1.29 is 9.47 Å². The number of nitrogens with zero attached hydrogens (tertiary/aromatic N) is 3. The maximum atomic E-state index is 5.75. The second-order valence-electron chi connectivity index (χ2n) is 7.55. The minimum Gasteiger partial charge on any atom is -0.486 e. The van der Waals surface area contributed by atoms with Crippen LogP contribution in [0.3, 0.4) is 0 Å². The van der Waals surface area contributed by atoms with E-state index in [-0.39, 0.29) is 0 Å². The Morgan fingerprint density at radius 1 is 0.900 bits per heavy atom. The van der Waals surface area contributed by atoms with E-state index in [0.717, 1.165) is 58.7 Å². The SMILES string of the molecule is Cc1cc(C)n2c(Nc3ccc4c(c3)OCCO4)c(CCc3ccccc3)nc2n1. The monoisotopic (exact) mass is 400 g/mol. The van der Waals surface area contributed by atoms with Gasteiger partial charge < -0.3 is 14.8 Å². The predicted molar refractivity (Wildman–Crippen MR) is 117 cm³/mol. The standard InChI is InChI=1S/C24H24N4O2/c1-16-14-17(2)28-23(26-19-9-11-21-22(15-19)30-13-12-29-21)20(27-24(28)25-16)10-8-18-6-4-3-5-7-18/h3-7,9,11,14-15,26H,8,10,12-13H2,1-2H3. The van der Waals surface area contributed by atoms with Crippen molar-refractivity contribution in [2.24, 2.45) is 0 Å². The zero-order chi connectivity index (χ0) is 20.5. The smallest absolute Gasteiger partial charge is 0.236 e. The van der Waals surface area contributed by atoms with Gasteiger partial charge in [0.1, 0.15) is 19.0 Å². The number of fused-ring (bicyclic) bond motifs is 2. The Kier molecular flexibility index (Phi) is 4.75. The van der Waals surface area contributed by atoms with Gasteiger partial charge in [-0.1, -0.05) is 30.3 Å². The summed E-state index contributed by atoms with van der Waals surface area (Å²) in [7, 11) is 0. The lowest BCUT2D eigenvalue weighted by Crippen LogP contribution is -2.15. The van der Waals surface area contributed by atoms with Crippen LogP contribution in [0.15, 0.2) is 54.6 Å². The van der Waals surface area contributed by atoms with Gasteiger partial charge in [0.25, 0.3) is 0 Å². The van der Waals surface area contributed by atoms with E-state index in [1.807, 2.05) is 31.2 Å². The number of aromatic nitrogens is 3. The summed E-state index contributed by atoms with van der Waals surface area (Å²) in [5.74, 6) is 3.21. The molecule has 0 amide bonds. The molecule has 0 radical (unpaired) electrons. The molecule has 2 aromatic carbocycles. The van der Waals surface area contributed by atoms with Gasteiger partial charge in [0.15, 0.2) is 11.5 Å². The molecule has 152 valence electrons. The Labute approximate surface area is 175 Å². The fourth-order valence-electron chi connectivity index (χ4n) is 3.89. The van der Waals surface area contributed by atoms with Crippen LogP contribution in [-0.4, -0.2) is 27.6 Å². The lowest BCUT2D eigenvalue weighted by atomic mass is 10.1. The largest absolute Gasteiger partial charge is 0.486 e. The van der Waals surface area contributed by atoms with Gasteiger partial charge in [-0.2, -0.15) is 0 Å². The van der Waals surface area contributed by atoms with Gasteiger partial charge in [-0.3, -0.25) is 4.40 Å². The van der Waals surface area contributed by atoms with Crippen molar-refractivity contribution in [2.45, 2.75) is 26.7 Å². The molecule has 0 atom stereocenters. The highest BCUT2D eigenvalue weighted by atomic mass is 16.6. The third kappa shape index (κ3) is 3.56. The molecule has 6 nitrogen and oxygen atoms in total. The highest BCUT2D eigenvalue weighted by molar-refractivity contribution is 5.66. The number of aryl methyl sites for hydroxylation is 4. The van der Waals surface area contributed by atoms with Crippen LogP contribution in [0.5, 0.6) is 11.5 Å². The summed E-state index contributed by atoms with van der Waals surface area (Å²) in [6.45, 7) is 5.23. The predicted octanol–water partition coefficient (Wildman–Crippen LogP) is 4.65. The van der Waals surface area contributed by atoms with E-state index >= 15 is 0 Å². The molecule has 30 heavy (non-hydrogen) atoms. The first-order valence-electron chi connectivity index (χ1n) is 10.2. The summed E-state index contributed by atoms with van der Waals surface area (Å²) >= 11 is 0. The van der Waals surface area contributed by atoms with Crippen LogP contribution in [0.1, 0.15) is 22.6 Å². The normalized spacial score (nSPS) is 12.9. The number of hydrogen-bond acceptors (Lipinski definition) is 5. The molecule has 2 aromatic heterocycles. The molecule has 0 saturated carbocycles. The van der Waals surface area contributed by atoms with E-state index in [9.17, 15) is 0 Å². The lowest BCUT2D eigenvalue weighted by molar-refractivity contribution is 0.171. The fraction of sp³-hybridized carbons (Fsp3) is 0.250. The molecule has 0 unspecified atom stereocenters. The van der Waals surface area contributed by atoms with Gasteiger partial charge >= 0.3 is 0 Å². The summed E-state index contributed by atoms with van der Waals surface area (Å²) in [6, 6.07) is 18.5. The third-order valence-electron chi connectivity index (χ3n) is 5.28. The molecule has 0 spiro atoms. The Morgan fingerprint density at radius 3 is 2.53 bits per heavy atom. The third-order valence-corrected chi connectivity index (χ3v) is 5.28. The Morgan fingerprint density at radius 2 is 1.70 bits per heavy atom.